The first-order chi connectivity index (χ1) is 6.20. The number of nitrogens with one attached hydrogen (secondary N) is 1. The Bertz CT molecular complexity index is 175. The third-order valence-electron chi connectivity index (χ3n) is 3.60. The van der Waals surface area contributed by atoms with Crippen molar-refractivity contribution in [1.29, 1.82) is 0 Å². The normalized spacial score (nSPS) is 37.4. The Morgan fingerprint density at radius 1 is 1.38 bits per heavy atom. The largest absolute Gasteiger partial charge is 0.381 e. The minimum Gasteiger partial charge on any atom is -0.381 e. The van der Waals surface area contributed by atoms with Gasteiger partial charge in [-0.1, -0.05) is 13.8 Å². The molecule has 0 spiro atoms. The molecule has 1 saturated heterocycles. The molecule has 2 unspecified atom stereocenters. The summed E-state index contributed by atoms with van der Waals surface area (Å²) in [7, 11) is 0. The van der Waals surface area contributed by atoms with E-state index in [0.717, 1.165) is 25.2 Å². The minimum absolute atomic E-state index is 0.501. The topological polar surface area (TPSA) is 21.3 Å². The molecule has 0 aromatic rings. The lowest BCUT2D eigenvalue weighted by Crippen LogP contribution is -2.37. The fourth-order valence-corrected chi connectivity index (χ4v) is 2.02. The molecule has 2 rings (SSSR count). The standard InChI is InChI=1S/C11H21NO/c1-9-7-10(9)12-8-11(2)3-5-13-6-4-11/h9-10,12H,3-8H2,1-2H3. The molecule has 0 aromatic heterocycles. The summed E-state index contributed by atoms with van der Waals surface area (Å²) in [4.78, 5) is 0. The Morgan fingerprint density at radius 2 is 2.00 bits per heavy atom. The van der Waals surface area contributed by atoms with Gasteiger partial charge >= 0.3 is 0 Å². The van der Waals surface area contributed by atoms with Crippen molar-refractivity contribution in [3.8, 4) is 0 Å². The Kier molecular flexibility index (Phi) is 2.61. The maximum Gasteiger partial charge on any atom is 0.0471 e. The van der Waals surface area contributed by atoms with Crippen molar-refractivity contribution < 1.29 is 4.74 Å². The second-order valence-electron chi connectivity index (χ2n) is 5.12. The van der Waals surface area contributed by atoms with Crippen LogP contribution < -0.4 is 5.32 Å². The summed E-state index contributed by atoms with van der Waals surface area (Å²) in [5.41, 5.74) is 0.501. The molecule has 1 aliphatic heterocycles. The first-order valence-electron chi connectivity index (χ1n) is 5.51. The highest BCUT2D eigenvalue weighted by Crippen LogP contribution is 2.33. The lowest BCUT2D eigenvalue weighted by atomic mass is 9.82. The number of hydrogen-bond donors (Lipinski definition) is 1. The predicted octanol–water partition coefficient (Wildman–Crippen LogP) is 1.80. The van der Waals surface area contributed by atoms with Gasteiger partial charge in [0.05, 0.1) is 0 Å². The lowest BCUT2D eigenvalue weighted by Gasteiger charge is -2.33. The maximum atomic E-state index is 5.38. The summed E-state index contributed by atoms with van der Waals surface area (Å²) in [6.45, 7) is 7.81. The lowest BCUT2D eigenvalue weighted by molar-refractivity contribution is 0.0238. The van der Waals surface area contributed by atoms with Crippen LogP contribution in [0.25, 0.3) is 0 Å². The second-order valence-corrected chi connectivity index (χ2v) is 5.12. The molecule has 1 aliphatic carbocycles. The number of rotatable bonds is 3. The van der Waals surface area contributed by atoms with Crippen molar-refractivity contribution in [1.82, 2.24) is 5.32 Å². The summed E-state index contributed by atoms with van der Waals surface area (Å²) >= 11 is 0. The summed E-state index contributed by atoms with van der Waals surface area (Å²) in [6, 6.07) is 0.819. The molecular weight excluding hydrogens is 162 g/mol. The molecule has 0 amide bonds. The van der Waals surface area contributed by atoms with E-state index in [-0.39, 0.29) is 0 Å². The van der Waals surface area contributed by atoms with Gasteiger partial charge in [0.2, 0.25) is 0 Å². The van der Waals surface area contributed by atoms with E-state index in [1.807, 2.05) is 0 Å². The van der Waals surface area contributed by atoms with Gasteiger partial charge < -0.3 is 10.1 Å². The van der Waals surface area contributed by atoms with E-state index in [2.05, 4.69) is 19.2 Å². The van der Waals surface area contributed by atoms with Crippen LogP contribution in [0.1, 0.15) is 33.1 Å². The van der Waals surface area contributed by atoms with Crippen LogP contribution in [0.4, 0.5) is 0 Å². The van der Waals surface area contributed by atoms with Gasteiger partial charge in [0.15, 0.2) is 0 Å². The van der Waals surface area contributed by atoms with Crippen molar-refractivity contribution in [3.05, 3.63) is 0 Å². The Labute approximate surface area is 81.0 Å². The van der Waals surface area contributed by atoms with E-state index in [9.17, 15) is 0 Å². The highest BCUT2D eigenvalue weighted by molar-refractivity contribution is 4.92. The predicted molar refractivity (Wildman–Crippen MR) is 53.7 cm³/mol. The zero-order valence-corrected chi connectivity index (χ0v) is 8.81. The van der Waals surface area contributed by atoms with E-state index in [4.69, 9.17) is 4.74 Å². The fraction of sp³-hybridized carbons (Fsp3) is 1.00. The van der Waals surface area contributed by atoms with Crippen LogP contribution in [0.15, 0.2) is 0 Å². The molecule has 0 aromatic carbocycles. The van der Waals surface area contributed by atoms with Crippen LogP contribution >= 0.6 is 0 Å². The molecular formula is C11H21NO. The maximum absolute atomic E-state index is 5.38. The van der Waals surface area contributed by atoms with Gasteiger partial charge in [0.25, 0.3) is 0 Å². The number of ether oxygens (including phenoxy) is 1. The summed E-state index contributed by atoms with van der Waals surface area (Å²) in [5.74, 6) is 0.920. The van der Waals surface area contributed by atoms with Crippen LogP contribution in [-0.4, -0.2) is 25.8 Å². The fourth-order valence-electron chi connectivity index (χ4n) is 2.02. The van der Waals surface area contributed by atoms with Gasteiger partial charge in [-0.2, -0.15) is 0 Å². The zero-order valence-electron chi connectivity index (χ0n) is 8.81. The van der Waals surface area contributed by atoms with E-state index in [0.29, 0.717) is 5.41 Å². The first-order valence-corrected chi connectivity index (χ1v) is 5.51. The Balaban J connectivity index is 1.72. The summed E-state index contributed by atoms with van der Waals surface area (Å²) in [6.07, 6.45) is 3.83. The molecule has 2 fully saturated rings. The van der Waals surface area contributed by atoms with Crippen LogP contribution in [-0.2, 0) is 4.74 Å². The first kappa shape index (κ1) is 9.47. The van der Waals surface area contributed by atoms with Crippen LogP contribution in [0.3, 0.4) is 0 Å². The third kappa shape index (κ3) is 2.44. The molecule has 1 heterocycles. The average molecular weight is 183 g/mol. The van der Waals surface area contributed by atoms with E-state index in [1.165, 1.54) is 25.8 Å². The van der Waals surface area contributed by atoms with Gasteiger partial charge in [-0.3, -0.25) is 0 Å². The van der Waals surface area contributed by atoms with Crippen molar-refractivity contribution in [2.75, 3.05) is 19.8 Å². The van der Waals surface area contributed by atoms with Crippen molar-refractivity contribution in [3.63, 3.8) is 0 Å². The SMILES string of the molecule is CC1CC1NCC1(C)CCOCC1. The van der Waals surface area contributed by atoms with Crippen LogP contribution in [0.5, 0.6) is 0 Å². The zero-order chi connectivity index (χ0) is 9.31. The molecule has 76 valence electrons. The monoisotopic (exact) mass is 183 g/mol. The van der Waals surface area contributed by atoms with Crippen LogP contribution in [0, 0.1) is 11.3 Å². The highest BCUT2D eigenvalue weighted by Gasteiger charge is 2.35. The minimum atomic E-state index is 0.501. The van der Waals surface area contributed by atoms with E-state index in [1.54, 1.807) is 0 Å². The molecule has 1 saturated carbocycles. The van der Waals surface area contributed by atoms with E-state index < -0.39 is 0 Å². The molecule has 0 bridgehead atoms. The van der Waals surface area contributed by atoms with Crippen LogP contribution in [0.2, 0.25) is 0 Å². The smallest absolute Gasteiger partial charge is 0.0471 e. The molecule has 2 heteroatoms. The molecule has 2 atom stereocenters. The van der Waals surface area contributed by atoms with Gasteiger partial charge in [-0.05, 0) is 30.6 Å². The summed E-state index contributed by atoms with van der Waals surface area (Å²) in [5, 5.41) is 3.66. The van der Waals surface area contributed by atoms with E-state index >= 15 is 0 Å². The highest BCUT2D eigenvalue weighted by atomic mass is 16.5. The van der Waals surface area contributed by atoms with Gasteiger partial charge in [0, 0.05) is 25.8 Å². The van der Waals surface area contributed by atoms with Crippen molar-refractivity contribution >= 4 is 0 Å². The van der Waals surface area contributed by atoms with Gasteiger partial charge in [0.1, 0.15) is 0 Å². The molecule has 2 aliphatic rings. The summed E-state index contributed by atoms with van der Waals surface area (Å²) < 4.78 is 5.38. The van der Waals surface area contributed by atoms with Crippen molar-refractivity contribution in [2.24, 2.45) is 11.3 Å². The second kappa shape index (κ2) is 3.58. The molecule has 2 nitrogen and oxygen atoms in total. The quantitative estimate of drug-likeness (QED) is 0.720. The number of hydrogen-bond acceptors (Lipinski definition) is 2. The van der Waals surface area contributed by atoms with Crippen molar-refractivity contribution in [2.45, 2.75) is 39.2 Å². The Hall–Kier alpha value is -0.0800. The third-order valence-corrected chi connectivity index (χ3v) is 3.60. The molecule has 0 radical (unpaired) electrons. The van der Waals surface area contributed by atoms with Gasteiger partial charge in [-0.25, -0.2) is 0 Å². The average Bonchev–Trinajstić information content (AvgIpc) is 2.80. The molecule has 1 N–H and O–H groups in total. The molecule has 13 heavy (non-hydrogen) atoms. The Morgan fingerprint density at radius 3 is 2.54 bits per heavy atom. The van der Waals surface area contributed by atoms with Gasteiger partial charge in [-0.15, -0.1) is 0 Å².